The maximum atomic E-state index is 13.5. The summed E-state index contributed by atoms with van der Waals surface area (Å²) in [4.78, 5) is 0. The van der Waals surface area contributed by atoms with Crippen molar-refractivity contribution in [2.24, 2.45) is 0 Å². The molecule has 0 aromatic heterocycles. The van der Waals surface area contributed by atoms with E-state index in [9.17, 15) is 4.39 Å². The quantitative estimate of drug-likeness (QED) is 0.845. The Hall–Kier alpha value is -1.75. The molecular weight excluding hydrogens is 299 g/mol. The molecule has 0 aliphatic heterocycles. The van der Waals surface area contributed by atoms with Crippen LogP contribution in [0.2, 0.25) is 0 Å². The van der Waals surface area contributed by atoms with Gasteiger partial charge in [-0.15, -0.1) is 0 Å². The fourth-order valence-electron chi connectivity index (χ4n) is 1.54. The highest BCUT2D eigenvalue weighted by Gasteiger charge is 2.05. The van der Waals surface area contributed by atoms with Crippen LogP contribution >= 0.6 is 15.9 Å². The van der Waals surface area contributed by atoms with Crippen LogP contribution in [0.4, 0.5) is 21.5 Å². The predicted octanol–water partition coefficient (Wildman–Crippen LogP) is 3.92. The van der Waals surface area contributed by atoms with Gasteiger partial charge in [0.15, 0.2) is 11.6 Å². The molecule has 0 aliphatic carbocycles. The summed E-state index contributed by atoms with van der Waals surface area (Å²) in [6.45, 7) is 0. The molecule has 0 spiro atoms. The largest absolute Gasteiger partial charge is 0.494 e. The lowest BCUT2D eigenvalue weighted by atomic mass is 10.2. The Labute approximate surface area is 113 Å². The van der Waals surface area contributed by atoms with E-state index in [1.165, 1.54) is 13.2 Å². The molecule has 0 amide bonds. The Kier molecular flexibility index (Phi) is 3.72. The smallest absolute Gasteiger partial charge is 0.167 e. The molecule has 18 heavy (non-hydrogen) atoms. The van der Waals surface area contributed by atoms with Crippen molar-refractivity contribution >= 4 is 33.0 Å². The van der Waals surface area contributed by atoms with E-state index >= 15 is 0 Å². The third-order valence-corrected chi connectivity index (χ3v) is 2.94. The molecule has 0 unspecified atom stereocenters. The minimum absolute atomic E-state index is 0.211. The number of ether oxygens (including phenoxy) is 1. The summed E-state index contributed by atoms with van der Waals surface area (Å²) in [5, 5.41) is 3.05. The average Bonchev–Trinajstić information content (AvgIpc) is 2.34. The van der Waals surface area contributed by atoms with Gasteiger partial charge in [0.2, 0.25) is 0 Å². The van der Waals surface area contributed by atoms with Crippen LogP contribution in [0.1, 0.15) is 0 Å². The van der Waals surface area contributed by atoms with E-state index in [2.05, 4.69) is 21.2 Å². The number of nitrogens with two attached hydrogens (primary N) is 1. The summed E-state index contributed by atoms with van der Waals surface area (Å²) in [6.07, 6.45) is 0. The second-order valence-corrected chi connectivity index (χ2v) is 4.62. The summed E-state index contributed by atoms with van der Waals surface area (Å²) >= 11 is 3.36. The topological polar surface area (TPSA) is 47.3 Å². The van der Waals surface area contributed by atoms with Gasteiger partial charge < -0.3 is 15.8 Å². The van der Waals surface area contributed by atoms with Crippen molar-refractivity contribution < 1.29 is 9.13 Å². The average molecular weight is 311 g/mol. The number of anilines is 3. The summed E-state index contributed by atoms with van der Waals surface area (Å²) in [5.74, 6) is -0.209. The molecule has 0 atom stereocenters. The van der Waals surface area contributed by atoms with Crippen molar-refractivity contribution in [3.63, 3.8) is 0 Å². The van der Waals surface area contributed by atoms with E-state index in [-0.39, 0.29) is 5.75 Å². The first kappa shape index (κ1) is 12.7. The van der Waals surface area contributed by atoms with Crippen molar-refractivity contribution in [3.05, 3.63) is 46.7 Å². The maximum absolute atomic E-state index is 13.5. The van der Waals surface area contributed by atoms with Crippen LogP contribution in [0.25, 0.3) is 0 Å². The van der Waals surface area contributed by atoms with E-state index in [1.54, 1.807) is 18.2 Å². The lowest BCUT2D eigenvalue weighted by Crippen LogP contribution is -1.97. The van der Waals surface area contributed by atoms with Crippen molar-refractivity contribution in [3.8, 4) is 5.75 Å². The number of hydrogen-bond donors (Lipinski definition) is 2. The molecular formula is C13H12BrFN2O. The van der Waals surface area contributed by atoms with Crippen LogP contribution in [0.5, 0.6) is 5.75 Å². The highest BCUT2D eigenvalue weighted by molar-refractivity contribution is 9.10. The van der Waals surface area contributed by atoms with Crippen molar-refractivity contribution in [1.82, 2.24) is 0 Å². The van der Waals surface area contributed by atoms with E-state index in [4.69, 9.17) is 10.5 Å². The molecule has 0 saturated heterocycles. The number of benzene rings is 2. The predicted molar refractivity (Wildman–Crippen MR) is 74.8 cm³/mol. The lowest BCUT2D eigenvalue weighted by molar-refractivity contribution is 0.386. The Bertz CT molecular complexity index is 575. The van der Waals surface area contributed by atoms with E-state index in [0.717, 1.165) is 4.47 Å². The van der Waals surface area contributed by atoms with Crippen LogP contribution in [-0.2, 0) is 0 Å². The maximum Gasteiger partial charge on any atom is 0.167 e. The van der Waals surface area contributed by atoms with Crippen LogP contribution < -0.4 is 15.8 Å². The highest BCUT2D eigenvalue weighted by atomic mass is 79.9. The second-order valence-electron chi connectivity index (χ2n) is 3.71. The number of halogens is 2. The number of rotatable bonds is 3. The Balaban J connectivity index is 2.28. The summed E-state index contributed by atoms with van der Waals surface area (Å²) < 4.78 is 19.3. The van der Waals surface area contributed by atoms with E-state index in [0.29, 0.717) is 17.1 Å². The molecule has 0 radical (unpaired) electrons. The highest BCUT2D eigenvalue weighted by Crippen LogP contribution is 2.28. The molecule has 0 aliphatic rings. The molecule has 0 fully saturated rings. The van der Waals surface area contributed by atoms with Gasteiger partial charge in [-0.3, -0.25) is 0 Å². The molecule has 5 heteroatoms. The first-order chi connectivity index (χ1) is 8.60. The number of hydrogen-bond acceptors (Lipinski definition) is 3. The third-order valence-electron chi connectivity index (χ3n) is 2.45. The van der Waals surface area contributed by atoms with Gasteiger partial charge in [0.1, 0.15) is 0 Å². The van der Waals surface area contributed by atoms with Crippen molar-refractivity contribution in [2.75, 3.05) is 18.2 Å². The zero-order valence-corrected chi connectivity index (χ0v) is 11.3. The van der Waals surface area contributed by atoms with Crippen molar-refractivity contribution in [2.45, 2.75) is 0 Å². The molecule has 0 heterocycles. The Morgan fingerprint density at radius 2 is 2.00 bits per heavy atom. The summed E-state index contributed by atoms with van der Waals surface area (Å²) in [5.41, 5.74) is 7.75. The zero-order chi connectivity index (χ0) is 13.1. The van der Waals surface area contributed by atoms with Crippen LogP contribution in [0.15, 0.2) is 40.9 Å². The van der Waals surface area contributed by atoms with Gasteiger partial charge in [0, 0.05) is 16.2 Å². The summed E-state index contributed by atoms with van der Waals surface area (Å²) in [7, 11) is 1.43. The Morgan fingerprint density at radius 3 is 2.67 bits per heavy atom. The molecule has 94 valence electrons. The minimum atomic E-state index is -0.420. The molecule has 2 aromatic carbocycles. The van der Waals surface area contributed by atoms with Crippen LogP contribution in [0.3, 0.4) is 0 Å². The van der Waals surface area contributed by atoms with Crippen molar-refractivity contribution in [1.29, 1.82) is 0 Å². The summed E-state index contributed by atoms with van der Waals surface area (Å²) in [6, 6.07) is 10.1. The number of methoxy groups -OCH3 is 1. The zero-order valence-electron chi connectivity index (χ0n) is 9.71. The van der Waals surface area contributed by atoms with Gasteiger partial charge in [-0.25, -0.2) is 4.39 Å². The SMILES string of the molecule is COc1ccc(Nc2cc(Br)ccc2N)cc1F. The molecule has 2 rings (SSSR count). The van der Waals surface area contributed by atoms with Crippen LogP contribution in [-0.4, -0.2) is 7.11 Å². The Morgan fingerprint density at radius 1 is 1.22 bits per heavy atom. The normalized spacial score (nSPS) is 10.2. The molecule has 0 saturated carbocycles. The van der Waals surface area contributed by atoms with Gasteiger partial charge >= 0.3 is 0 Å². The molecule has 3 nitrogen and oxygen atoms in total. The minimum Gasteiger partial charge on any atom is -0.494 e. The second kappa shape index (κ2) is 5.27. The van der Waals surface area contributed by atoms with E-state index in [1.807, 2.05) is 12.1 Å². The third kappa shape index (κ3) is 2.73. The first-order valence-corrected chi connectivity index (χ1v) is 6.05. The standard InChI is InChI=1S/C13H12BrFN2O/c1-18-13-5-3-9(7-10(13)15)17-12-6-8(14)2-4-11(12)16/h2-7,17H,16H2,1H3. The van der Waals surface area contributed by atoms with Gasteiger partial charge in [-0.1, -0.05) is 15.9 Å². The monoisotopic (exact) mass is 310 g/mol. The van der Waals surface area contributed by atoms with Gasteiger partial charge in [0.05, 0.1) is 18.5 Å². The van der Waals surface area contributed by atoms with Crippen LogP contribution in [0, 0.1) is 5.82 Å². The number of nitrogens with one attached hydrogen (secondary N) is 1. The molecule has 0 bridgehead atoms. The van der Waals surface area contributed by atoms with E-state index < -0.39 is 5.82 Å². The van der Waals surface area contributed by atoms with Gasteiger partial charge in [-0.2, -0.15) is 0 Å². The fourth-order valence-corrected chi connectivity index (χ4v) is 1.90. The first-order valence-electron chi connectivity index (χ1n) is 5.26. The fraction of sp³-hybridized carbons (Fsp3) is 0.0769. The lowest BCUT2D eigenvalue weighted by Gasteiger charge is -2.11. The number of nitrogen functional groups attached to an aromatic ring is 1. The van der Waals surface area contributed by atoms with Gasteiger partial charge in [0.25, 0.3) is 0 Å². The molecule has 3 N–H and O–H groups in total. The molecule has 2 aromatic rings. The van der Waals surface area contributed by atoms with Gasteiger partial charge in [-0.05, 0) is 30.3 Å².